The number of aryl methyl sites for hydroxylation is 1. The number of hydrogen-bond acceptors (Lipinski definition) is 5. The van der Waals surface area contributed by atoms with Crippen LogP contribution in [0, 0.1) is 6.92 Å². The number of benzene rings is 1. The molecule has 7 nitrogen and oxygen atoms in total. The van der Waals surface area contributed by atoms with Gasteiger partial charge in [0.2, 0.25) is 0 Å². The number of nitrogens with one attached hydrogen (secondary N) is 1. The summed E-state index contributed by atoms with van der Waals surface area (Å²) in [5.41, 5.74) is 1.39. The maximum Gasteiger partial charge on any atom is 0.295 e. The third-order valence-electron chi connectivity index (χ3n) is 5.97. The number of furan rings is 1. The zero-order valence-corrected chi connectivity index (χ0v) is 18.0. The van der Waals surface area contributed by atoms with Gasteiger partial charge in [-0.15, -0.1) is 0 Å². The van der Waals surface area contributed by atoms with Gasteiger partial charge in [-0.3, -0.25) is 9.59 Å². The third kappa shape index (κ3) is 3.65. The highest BCUT2D eigenvalue weighted by Gasteiger charge is 2.47. The Hall–Kier alpha value is -3.32. The summed E-state index contributed by atoms with van der Waals surface area (Å²) in [5.74, 6) is -0.358. The van der Waals surface area contributed by atoms with Gasteiger partial charge in [0, 0.05) is 35.8 Å². The molecule has 1 saturated heterocycles. The zero-order valence-electron chi connectivity index (χ0n) is 18.0. The SMILES string of the molecule is CCN(CC)CCN1C(=O)C(=O)/C(=C(\O)c2c[nH]c3ccccc23)C1c1ccc(C)o1. The predicted octanol–water partition coefficient (Wildman–Crippen LogP) is 3.83. The fraction of sp³-hybridized carbons (Fsp3) is 0.333. The van der Waals surface area contributed by atoms with Gasteiger partial charge >= 0.3 is 0 Å². The Morgan fingerprint density at radius 1 is 1.16 bits per heavy atom. The van der Waals surface area contributed by atoms with E-state index in [1.54, 1.807) is 18.3 Å². The van der Waals surface area contributed by atoms with Crippen LogP contribution in [-0.4, -0.2) is 57.8 Å². The average molecular weight is 421 g/mol. The lowest BCUT2D eigenvalue weighted by Gasteiger charge is -2.26. The van der Waals surface area contributed by atoms with Crippen LogP contribution in [0.3, 0.4) is 0 Å². The first-order valence-electron chi connectivity index (χ1n) is 10.6. The smallest absolute Gasteiger partial charge is 0.295 e. The quantitative estimate of drug-likeness (QED) is 0.344. The lowest BCUT2D eigenvalue weighted by atomic mass is 9.99. The molecule has 1 aliphatic heterocycles. The van der Waals surface area contributed by atoms with Gasteiger partial charge in [0.05, 0.1) is 5.57 Å². The number of hydrogen-bond donors (Lipinski definition) is 2. The van der Waals surface area contributed by atoms with Crippen molar-refractivity contribution in [3.05, 3.63) is 65.3 Å². The predicted molar refractivity (Wildman–Crippen MR) is 119 cm³/mol. The second kappa shape index (κ2) is 8.43. The molecule has 4 rings (SSSR count). The summed E-state index contributed by atoms with van der Waals surface area (Å²) < 4.78 is 5.83. The van der Waals surface area contributed by atoms with E-state index in [0.717, 1.165) is 24.0 Å². The fourth-order valence-corrected chi connectivity index (χ4v) is 4.21. The first-order chi connectivity index (χ1) is 15.0. The molecule has 0 spiro atoms. The van der Waals surface area contributed by atoms with Crippen LogP contribution in [0.15, 0.2) is 52.6 Å². The number of para-hydroxylation sites is 1. The summed E-state index contributed by atoms with van der Waals surface area (Å²) >= 11 is 0. The number of nitrogens with zero attached hydrogens (tertiary/aromatic N) is 2. The van der Waals surface area contributed by atoms with E-state index < -0.39 is 17.7 Å². The van der Waals surface area contributed by atoms with Crippen molar-refractivity contribution in [3.8, 4) is 0 Å². The van der Waals surface area contributed by atoms with Crippen molar-refractivity contribution in [2.45, 2.75) is 26.8 Å². The van der Waals surface area contributed by atoms with Crippen LogP contribution in [0.4, 0.5) is 0 Å². The lowest BCUT2D eigenvalue weighted by Crippen LogP contribution is -2.37. The molecule has 2 N–H and O–H groups in total. The molecule has 1 aliphatic rings. The number of carbonyl (C=O) groups excluding carboxylic acids is 2. The minimum absolute atomic E-state index is 0.0589. The van der Waals surface area contributed by atoms with Gasteiger partial charge in [-0.2, -0.15) is 0 Å². The van der Waals surface area contributed by atoms with Crippen molar-refractivity contribution >= 4 is 28.4 Å². The molecular weight excluding hydrogens is 394 g/mol. The molecule has 1 aromatic carbocycles. The second-order valence-electron chi connectivity index (χ2n) is 7.72. The van der Waals surface area contributed by atoms with Crippen molar-refractivity contribution in [2.75, 3.05) is 26.2 Å². The standard InChI is InChI=1S/C24H27N3O4/c1-4-26(5-2)12-13-27-21(19-11-10-15(3)31-19)20(23(29)24(27)30)22(28)17-14-25-18-9-7-6-8-16(17)18/h6-11,14,21,25,28H,4-5,12-13H2,1-3H3/b22-20-. The topological polar surface area (TPSA) is 89.8 Å². The molecule has 0 bridgehead atoms. The maximum atomic E-state index is 13.1. The van der Waals surface area contributed by atoms with Crippen LogP contribution in [0.2, 0.25) is 0 Å². The Bertz CT molecular complexity index is 1150. The summed E-state index contributed by atoms with van der Waals surface area (Å²) in [5, 5.41) is 12.0. The number of likely N-dealkylation sites (N-methyl/N-ethyl adjacent to an activating group) is 1. The average Bonchev–Trinajstić information content (AvgIpc) is 3.46. The Morgan fingerprint density at radius 3 is 2.58 bits per heavy atom. The summed E-state index contributed by atoms with van der Waals surface area (Å²) in [4.78, 5) is 32.9. The molecule has 0 aliphatic carbocycles. The number of aromatic nitrogens is 1. The molecule has 1 fully saturated rings. The Kier molecular flexibility index (Phi) is 5.69. The molecule has 0 saturated carbocycles. The number of aromatic amines is 1. The number of Topliss-reactive ketones (excluding diaryl/α,β-unsaturated/α-hetero) is 1. The van der Waals surface area contributed by atoms with E-state index in [-0.39, 0.29) is 11.3 Å². The van der Waals surface area contributed by atoms with E-state index in [0.29, 0.717) is 30.2 Å². The fourth-order valence-electron chi connectivity index (χ4n) is 4.21. The largest absolute Gasteiger partial charge is 0.507 e. The number of rotatable bonds is 7. The van der Waals surface area contributed by atoms with E-state index in [4.69, 9.17) is 4.42 Å². The van der Waals surface area contributed by atoms with Crippen molar-refractivity contribution < 1.29 is 19.1 Å². The highest BCUT2D eigenvalue weighted by Crippen LogP contribution is 2.40. The molecule has 7 heteroatoms. The van der Waals surface area contributed by atoms with E-state index in [1.807, 2.05) is 31.2 Å². The lowest BCUT2D eigenvalue weighted by molar-refractivity contribution is -0.140. The molecule has 3 aromatic rings. The van der Waals surface area contributed by atoms with E-state index >= 15 is 0 Å². The summed E-state index contributed by atoms with van der Waals surface area (Å²) in [7, 11) is 0. The first kappa shape index (κ1) is 20.9. The molecule has 1 unspecified atom stereocenters. The number of amides is 1. The molecule has 31 heavy (non-hydrogen) atoms. The summed E-state index contributed by atoms with van der Waals surface area (Å²) in [6, 6.07) is 10.3. The Labute approximate surface area is 180 Å². The van der Waals surface area contributed by atoms with Crippen molar-refractivity contribution in [1.29, 1.82) is 0 Å². The number of carbonyl (C=O) groups is 2. The number of fused-ring (bicyclic) bond motifs is 1. The van der Waals surface area contributed by atoms with Gasteiger partial charge in [-0.05, 0) is 38.2 Å². The van der Waals surface area contributed by atoms with Crippen molar-refractivity contribution in [3.63, 3.8) is 0 Å². The minimum Gasteiger partial charge on any atom is -0.507 e. The summed E-state index contributed by atoms with van der Waals surface area (Å²) in [6.45, 7) is 8.61. The first-order valence-corrected chi connectivity index (χ1v) is 10.6. The molecule has 0 radical (unpaired) electrons. The molecule has 1 amide bonds. The molecule has 1 atom stereocenters. The molecule has 162 valence electrons. The number of likely N-dealkylation sites (tertiary alicyclic amines) is 1. The molecular formula is C24H27N3O4. The van der Waals surface area contributed by atoms with Crippen LogP contribution in [0.25, 0.3) is 16.7 Å². The van der Waals surface area contributed by atoms with Gasteiger partial charge in [0.1, 0.15) is 23.3 Å². The van der Waals surface area contributed by atoms with E-state index in [9.17, 15) is 14.7 Å². The van der Waals surface area contributed by atoms with E-state index in [1.165, 1.54) is 4.90 Å². The van der Waals surface area contributed by atoms with Crippen molar-refractivity contribution in [2.24, 2.45) is 0 Å². The monoisotopic (exact) mass is 421 g/mol. The Morgan fingerprint density at radius 2 is 1.90 bits per heavy atom. The van der Waals surface area contributed by atoms with Gasteiger partial charge < -0.3 is 24.3 Å². The van der Waals surface area contributed by atoms with Crippen LogP contribution < -0.4 is 0 Å². The number of aliphatic hydroxyl groups excluding tert-OH is 1. The van der Waals surface area contributed by atoms with Gasteiger partial charge in [-0.1, -0.05) is 32.0 Å². The summed E-state index contributed by atoms with van der Waals surface area (Å²) in [6.07, 6.45) is 1.66. The number of H-pyrrole nitrogens is 1. The normalized spacial score (nSPS) is 18.6. The van der Waals surface area contributed by atoms with Gasteiger partial charge in [-0.25, -0.2) is 0 Å². The van der Waals surface area contributed by atoms with Crippen LogP contribution in [-0.2, 0) is 9.59 Å². The molecule has 3 heterocycles. The Balaban J connectivity index is 1.82. The van der Waals surface area contributed by atoms with Gasteiger partial charge in [0.15, 0.2) is 0 Å². The maximum absolute atomic E-state index is 13.1. The van der Waals surface area contributed by atoms with Crippen LogP contribution >= 0.6 is 0 Å². The van der Waals surface area contributed by atoms with E-state index in [2.05, 4.69) is 23.7 Å². The zero-order chi connectivity index (χ0) is 22.1. The number of aliphatic hydroxyl groups is 1. The number of ketones is 1. The second-order valence-corrected chi connectivity index (χ2v) is 7.72. The van der Waals surface area contributed by atoms with Crippen LogP contribution in [0.1, 0.15) is 37.0 Å². The highest BCUT2D eigenvalue weighted by molar-refractivity contribution is 6.46. The van der Waals surface area contributed by atoms with Crippen LogP contribution in [0.5, 0.6) is 0 Å². The van der Waals surface area contributed by atoms with Gasteiger partial charge in [0.25, 0.3) is 11.7 Å². The third-order valence-corrected chi connectivity index (χ3v) is 5.97. The molecule has 2 aromatic heterocycles. The van der Waals surface area contributed by atoms with Crippen molar-refractivity contribution in [1.82, 2.24) is 14.8 Å². The minimum atomic E-state index is -0.766. The highest BCUT2D eigenvalue weighted by atomic mass is 16.3.